The molecule has 2 atom stereocenters. The Morgan fingerprint density at radius 2 is 1.96 bits per heavy atom. The van der Waals surface area contributed by atoms with Gasteiger partial charge in [-0.25, -0.2) is 4.39 Å². The van der Waals surface area contributed by atoms with Crippen LogP contribution in [0.5, 0.6) is 0 Å². The van der Waals surface area contributed by atoms with Crippen molar-refractivity contribution in [3.05, 3.63) is 46.8 Å². The molecule has 0 N–H and O–H groups in total. The van der Waals surface area contributed by atoms with E-state index >= 15 is 0 Å². The molecule has 0 heterocycles. The molecule has 0 unspecified atom stereocenters. The van der Waals surface area contributed by atoms with Gasteiger partial charge >= 0.3 is 12.1 Å². The Kier molecular flexibility index (Phi) is 4.76. The smallest absolute Gasteiger partial charge is 0.442 e. The Hall–Kier alpha value is -1.56. The first kappa shape index (κ1) is 17.8. The third-order valence-electron chi connectivity index (χ3n) is 4.09. The number of esters is 1. The minimum absolute atomic E-state index is 0.0801. The molecular formula is C16H15ClF4O2. The fourth-order valence-corrected chi connectivity index (χ4v) is 2.74. The van der Waals surface area contributed by atoms with Gasteiger partial charge in [-0.3, -0.25) is 4.79 Å². The van der Waals surface area contributed by atoms with E-state index in [2.05, 4.69) is 0 Å². The van der Waals surface area contributed by atoms with Crippen molar-refractivity contribution in [1.29, 1.82) is 0 Å². The highest BCUT2D eigenvalue weighted by Crippen LogP contribution is 2.60. The normalized spacial score (nSPS) is 23.5. The summed E-state index contributed by atoms with van der Waals surface area (Å²) in [6.07, 6.45) is -4.58. The first-order valence-corrected chi connectivity index (χ1v) is 7.27. The molecule has 1 aromatic rings. The second-order valence-corrected chi connectivity index (χ2v) is 6.44. The van der Waals surface area contributed by atoms with Gasteiger partial charge in [0, 0.05) is 10.6 Å². The molecule has 0 aliphatic heterocycles. The van der Waals surface area contributed by atoms with E-state index in [4.69, 9.17) is 16.3 Å². The molecule has 1 aliphatic carbocycles. The summed E-state index contributed by atoms with van der Waals surface area (Å²) in [5.41, 5.74) is -0.185. The van der Waals surface area contributed by atoms with Crippen LogP contribution in [0.1, 0.15) is 19.4 Å². The lowest BCUT2D eigenvalue weighted by molar-refractivity contribution is -0.147. The van der Waals surface area contributed by atoms with E-state index in [1.165, 1.54) is 0 Å². The standard InChI is InChI=1S/C16H15ClF4O2/c1-15(2)10(7-12(18)16(19,20)21)13(15)14(22)23-8-9-5-3-4-6-11(9)17/h3-7,10,13H,8H2,1-2H3/t10-,13-/m1/s1. The number of ether oxygens (including phenoxy) is 1. The number of hydrogen-bond donors (Lipinski definition) is 0. The van der Waals surface area contributed by atoms with Crippen LogP contribution >= 0.6 is 11.6 Å². The van der Waals surface area contributed by atoms with Gasteiger partial charge in [0.25, 0.3) is 0 Å². The van der Waals surface area contributed by atoms with Crippen molar-refractivity contribution in [1.82, 2.24) is 0 Å². The minimum Gasteiger partial charge on any atom is -0.461 e. The molecular weight excluding hydrogens is 336 g/mol. The third kappa shape index (κ3) is 3.86. The molecule has 0 radical (unpaired) electrons. The Morgan fingerprint density at radius 3 is 2.52 bits per heavy atom. The van der Waals surface area contributed by atoms with Crippen LogP contribution < -0.4 is 0 Å². The van der Waals surface area contributed by atoms with E-state index in [-0.39, 0.29) is 6.61 Å². The molecule has 0 saturated heterocycles. The lowest BCUT2D eigenvalue weighted by atomic mass is 10.1. The van der Waals surface area contributed by atoms with Crippen molar-refractivity contribution in [2.75, 3.05) is 0 Å². The fraction of sp³-hybridized carbons (Fsp3) is 0.438. The summed E-state index contributed by atoms with van der Waals surface area (Å²) in [7, 11) is 0. The molecule has 0 amide bonds. The molecule has 1 aromatic carbocycles. The first-order chi connectivity index (χ1) is 10.5. The van der Waals surface area contributed by atoms with Crippen molar-refractivity contribution < 1.29 is 27.1 Å². The monoisotopic (exact) mass is 350 g/mol. The Labute approximate surface area is 136 Å². The fourth-order valence-electron chi connectivity index (χ4n) is 2.55. The van der Waals surface area contributed by atoms with Crippen LogP contribution in [0.3, 0.4) is 0 Å². The average molecular weight is 351 g/mol. The second kappa shape index (κ2) is 6.15. The van der Waals surface area contributed by atoms with Gasteiger partial charge in [-0.05, 0) is 23.5 Å². The molecule has 23 heavy (non-hydrogen) atoms. The Bertz CT molecular complexity index is 637. The number of halogens is 5. The molecule has 7 heteroatoms. The molecule has 0 bridgehead atoms. The molecule has 2 rings (SSSR count). The van der Waals surface area contributed by atoms with E-state index in [0.717, 1.165) is 0 Å². The van der Waals surface area contributed by atoms with Crippen LogP contribution in [0.2, 0.25) is 5.02 Å². The van der Waals surface area contributed by atoms with Gasteiger partial charge in [-0.2, -0.15) is 13.2 Å². The molecule has 2 nitrogen and oxygen atoms in total. The second-order valence-electron chi connectivity index (χ2n) is 6.04. The first-order valence-electron chi connectivity index (χ1n) is 6.89. The van der Waals surface area contributed by atoms with E-state index in [1.54, 1.807) is 38.1 Å². The van der Waals surface area contributed by atoms with Gasteiger partial charge in [0.2, 0.25) is 0 Å². The minimum atomic E-state index is -5.04. The molecule has 1 aliphatic rings. The zero-order valence-corrected chi connectivity index (χ0v) is 13.2. The predicted octanol–water partition coefficient (Wildman–Crippen LogP) is 5.07. The topological polar surface area (TPSA) is 26.3 Å². The van der Waals surface area contributed by atoms with Gasteiger partial charge in [-0.15, -0.1) is 0 Å². The summed E-state index contributed by atoms with van der Waals surface area (Å²) in [6, 6.07) is 6.75. The number of rotatable bonds is 4. The number of carbonyl (C=O) groups excluding carboxylic acids is 1. The third-order valence-corrected chi connectivity index (χ3v) is 4.46. The maximum Gasteiger partial charge on any atom is 0.442 e. The highest BCUT2D eigenvalue weighted by atomic mass is 35.5. The van der Waals surface area contributed by atoms with Crippen LogP contribution in [0, 0.1) is 17.3 Å². The Balaban J connectivity index is 2.02. The molecule has 0 spiro atoms. The van der Waals surface area contributed by atoms with Crippen molar-refractivity contribution in [2.24, 2.45) is 17.3 Å². The van der Waals surface area contributed by atoms with Gasteiger partial charge < -0.3 is 4.74 Å². The molecule has 1 fully saturated rings. The molecule has 0 aromatic heterocycles. The summed E-state index contributed by atoms with van der Waals surface area (Å²) < 4.78 is 54.9. The maximum absolute atomic E-state index is 13.1. The van der Waals surface area contributed by atoms with Crippen LogP contribution in [0.4, 0.5) is 17.6 Å². The molecule has 126 valence electrons. The number of hydrogen-bond acceptors (Lipinski definition) is 2. The summed E-state index contributed by atoms with van der Waals surface area (Å²) >= 11 is 5.93. The van der Waals surface area contributed by atoms with Crippen LogP contribution in [-0.4, -0.2) is 12.1 Å². The van der Waals surface area contributed by atoms with Gasteiger partial charge in [0.15, 0.2) is 5.83 Å². The summed E-state index contributed by atoms with van der Waals surface area (Å²) in [5.74, 6) is -4.50. The van der Waals surface area contributed by atoms with Gasteiger partial charge in [-0.1, -0.05) is 43.6 Å². The van der Waals surface area contributed by atoms with Crippen LogP contribution in [0.15, 0.2) is 36.2 Å². The van der Waals surface area contributed by atoms with E-state index in [9.17, 15) is 22.4 Å². The quantitative estimate of drug-likeness (QED) is 0.559. The zero-order chi connectivity index (χ0) is 17.4. The lowest BCUT2D eigenvalue weighted by Crippen LogP contribution is -2.11. The highest BCUT2D eigenvalue weighted by molar-refractivity contribution is 6.31. The van der Waals surface area contributed by atoms with Crippen molar-refractivity contribution in [3.8, 4) is 0 Å². The van der Waals surface area contributed by atoms with E-state index in [1.807, 2.05) is 0 Å². The van der Waals surface area contributed by atoms with Crippen LogP contribution in [-0.2, 0) is 16.1 Å². The Morgan fingerprint density at radius 1 is 1.35 bits per heavy atom. The van der Waals surface area contributed by atoms with Crippen molar-refractivity contribution in [2.45, 2.75) is 26.6 Å². The number of allylic oxidation sites excluding steroid dienone is 2. The summed E-state index contributed by atoms with van der Waals surface area (Å²) in [4.78, 5) is 12.0. The highest BCUT2D eigenvalue weighted by Gasteiger charge is 2.62. The van der Waals surface area contributed by atoms with Gasteiger partial charge in [0.05, 0.1) is 5.92 Å². The maximum atomic E-state index is 13.1. The number of benzene rings is 1. The number of carbonyl (C=O) groups is 1. The zero-order valence-electron chi connectivity index (χ0n) is 12.5. The molecule has 1 saturated carbocycles. The van der Waals surface area contributed by atoms with E-state index < -0.39 is 35.2 Å². The summed E-state index contributed by atoms with van der Waals surface area (Å²) in [5, 5.41) is 0.426. The summed E-state index contributed by atoms with van der Waals surface area (Å²) in [6.45, 7) is 3.11. The number of alkyl halides is 3. The average Bonchev–Trinajstić information content (AvgIpc) is 2.97. The van der Waals surface area contributed by atoms with E-state index in [0.29, 0.717) is 16.7 Å². The van der Waals surface area contributed by atoms with Crippen molar-refractivity contribution in [3.63, 3.8) is 0 Å². The van der Waals surface area contributed by atoms with Gasteiger partial charge in [0.1, 0.15) is 6.61 Å². The predicted molar refractivity (Wildman–Crippen MR) is 77.3 cm³/mol. The SMILES string of the molecule is CC1(C)[C@H](C=C(F)C(F)(F)F)[C@@H]1C(=O)OCc1ccccc1Cl. The van der Waals surface area contributed by atoms with Crippen LogP contribution in [0.25, 0.3) is 0 Å². The lowest BCUT2D eigenvalue weighted by Gasteiger charge is -2.07. The largest absolute Gasteiger partial charge is 0.461 e. The van der Waals surface area contributed by atoms with Crippen molar-refractivity contribution >= 4 is 17.6 Å².